The first kappa shape index (κ1) is 19.3. The Kier molecular flexibility index (Phi) is 12.8. The summed E-state index contributed by atoms with van der Waals surface area (Å²) in [5, 5.41) is 0. The lowest BCUT2D eigenvalue weighted by molar-refractivity contribution is -0.134. The van der Waals surface area contributed by atoms with Gasteiger partial charge in [0.25, 0.3) is 0 Å². The van der Waals surface area contributed by atoms with Crippen LogP contribution in [0.2, 0.25) is 0 Å². The minimum absolute atomic E-state index is 0.0412. The Morgan fingerprint density at radius 2 is 1.65 bits per heavy atom. The van der Waals surface area contributed by atoms with Gasteiger partial charge in [0, 0.05) is 40.0 Å². The third-order valence-electron chi connectivity index (χ3n) is 2.91. The van der Waals surface area contributed by atoms with E-state index in [1.54, 1.807) is 12.0 Å². The molecule has 1 unspecified atom stereocenters. The summed E-state index contributed by atoms with van der Waals surface area (Å²) in [6.45, 7) is 7.94. The molecule has 0 saturated heterocycles. The van der Waals surface area contributed by atoms with Crippen LogP contribution in [0, 0.1) is 0 Å². The highest BCUT2D eigenvalue weighted by atomic mass is 16.5. The zero-order valence-electron chi connectivity index (χ0n) is 13.1. The molecule has 0 aliphatic carbocycles. The molecule has 0 spiro atoms. The zero-order chi connectivity index (χ0) is 15.2. The van der Waals surface area contributed by atoms with Gasteiger partial charge in [0.2, 0.25) is 5.91 Å². The van der Waals surface area contributed by atoms with Gasteiger partial charge in [-0.3, -0.25) is 4.79 Å². The maximum absolute atomic E-state index is 12.3. The number of amides is 1. The van der Waals surface area contributed by atoms with Crippen LogP contribution in [0.4, 0.5) is 0 Å². The fraction of sp³-hybridized carbons (Fsp3) is 0.929. The second kappa shape index (κ2) is 13.3. The molecule has 6 heteroatoms. The Morgan fingerprint density at radius 1 is 1.10 bits per heavy atom. The van der Waals surface area contributed by atoms with E-state index in [-0.39, 0.29) is 5.91 Å². The molecule has 0 rings (SSSR count). The van der Waals surface area contributed by atoms with Gasteiger partial charge in [-0.1, -0.05) is 0 Å². The highest BCUT2D eigenvalue weighted by Crippen LogP contribution is 2.01. The lowest BCUT2D eigenvalue weighted by Crippen LogP contribution is -2.46. The quantitative estimate of drug-likeness (QED) is 0.504. The topological polar surface area (TPSA) is 74.0 Å². The molecule has 0 fully saturated rings. The number of hydrogen-bond acceptors (Lipinski definition) is 5. The molecule has 6 nitrogen and oxygen atoms in total. The van der Waals surface area contributed by atoms with Crippen molar-refractivity contribution in [2.45, 2.75) is 32.7 Å². The molecule has 1 amide bonds. The van der Waals surface area contributed by atoms with Gasteiger partial charge in [-0.25, -0.2) is 0 Å². The largest absolute Gasteiger partial charge is 0.385 e. The molecule has 0 radical (unpaired) electrons. The molecule has 120 valence electrons. The van der Waals surface area contributed by atoms with Crippen molar-refractivity contribution in [1.29, 1.82) is 0 Å². The lowest BCUT2D eigenvalue weighted by Gasteiger charge is -2.25. The molecule has 0 aromatic carbocycles. The van der Waals surface area contributed by atoms with Crippen LogP contribution in [0.1, 0.15) is 26.7 Å². The van der Waals surface area contributed by atoms with Crippen molar-refractivity contribution in [2.75, 3.05) is 53.2 Å². The van der Waals surface area contributed by atoms with Gasteiger partial charge in [0.1, 0.15) is 0 Å². The van der Waals surface area contributed by atoms with Crippen LogP contribution in [0.25, 0.3) is 0 Å². The summed E-state index contributed by atoms with van der Waals surface area (Å²) in [4.78, 5) is 14.0. The fourth-order valence-electron chi connectivity index (χ4n) is 1.78. The standard InChI is InChI=1S/C14H30N2O4/c1-4-19-11-8-16(9-12-20-5-2)14(17)13(15)7-6-10-18-3/h13H,4-12,15H2,1-3H3. The van der Waals surface area contributed by atoms with Crippen molar-refractivity contribution in [3.05, 3.63) is 0 Å². The van der Waals surface area contributed by atoms with Gasteiger partial charge < -0.3 is 24.8 Å². The average Bonchev–Trinajstić information content (AvgIpc) is 2.45. The van der Waals surface area contributed by atoms with E-state index < -0.39 is 6.04 Å². The van der Waals surface area contributed by atoms with E-state index in [4.69, 9.17) is 19.9 Å². The van der Waals surface area contributed by atoms with E-state index in [0.717, 1.165) is 6.42 Å². The van der Waals surface area contributed by atoms with Crippen LogP contribution >= 0.6 is 0 Å². The summed E-state index contributed by atoms with van der Waals surface area (Å²) in [6, 6.07) is -0.478. The molecule has 0 saturated carbocycles. The number of carbonyl (C=O) groups excluding carboxylic acids is 1. The number of nitrogens with zero attached hydrogens (tertiary/aromatic N) is 1. The molecule has 20 heavy (non-hydrogen) atoms. The number of nitrogens with two attached hydrogens (primary N) is 1. The first-order chi connectivity index (χ1) is 9.67. The summed E-state index contributed by atoms with van der Waals surface area (Å²) in [7, 11) is 1.64. The SMILES string of the molecule is CCOCCN(CCOCC)C(=O)C(N)CCCOC. The first-order valence-electron chi connectivity index (χ1n) is 7.36. The minimum Gasteiger partial charge on any atom is -0.385 e. The average molecular weight is 290 g/mol. The molecule has 0 bridgehead atoms. The van der Waals surface area contributed by atoms with Crippen LogP contribution in [0.5, 0.6) is 0 Å². The van der Waals surface area contributed by atoms with Gasteiger partial charge in [-0.05, 0) is 26.7 Å². The number of carbonyl (C=O) groups is 1. The maximum atomic E-state index is 12.3. The maximum Gasteiger partial charge on any atom is 0.239 e. The van der Waals surface area contributed by atoms with Crippen molar-refractivity contribution < 1.29 is 19.0 Å². The van der Waals surface area contributed by atoms with Crippen LogP contribution in [0.15, 0.2) is 0 Å². The Labute approximate surface area is 122 Å². The van der Waals surface area contributed by atoms with E-state index in [1.165, 1.54) is 0 Å². The molecule has 0 aliphatic rings. The number of hydrogen-bond donors (Lipinski definition) is 1. The smallest absolute Gasteiger partial charge is 0.239 e. The fourth-order valence-corrected chi connectivity index (χ4v) is 1.78. The Balaban J connectivity index is 4.21. The van der Waals surface area contributed by atoms with Gasteiger partial charge >= 0.3 is 0 Å². The van der Waals surface area contributed by atoms with Gasteiger partial charge in [0.15, 0.2) is 0 Å². The van der Waals surface area contributed by atoms with Gasteiger partial charge in [-0.2, -0.15) is 0 Å². The minimum atomic E-state index is -0.478. The van der Waals surface area contributed by atoms with Crippen LogP contribution < -0.4 is 5.73 Å². The number of ether oxygens (including phenoxy) is 3. The monoisotopic (exact) mass is 290 g/mol. The summed E-state index contributed by atoms with van der Waals surface area (Å²) in [6.07, 6.45) is 1.42. The third-order valence-corrected chi connectivity index (χ3v) is 2.91. The van der Waals surface area contributed by atoms with E-state index in [0.29, 0.717) is 52.5 Å². The van der Waals surface area contributed by atoms with E-state index in [1.807, 2.05) is 13.8 Å². The summed E-state index contributed by atoms with van der Waals surface area (Å²) in [5.41, 5.74) is 5.94. The highest BCUT2D eigenvalue weighted by molar-refractivity contribution is 5.81. The van der Waals surface area contributed by atoms with Crippen LogP contribution in [0.3, 0.4) is 0 Å². The summed E-state index contributed by atoms with van der Waals surface area (Å²) >= 11 is 0. The molecule has 0 aliphatic heterocycles. The van der Waals surface area contributed by atoms with Crippen molar-refractivity contribution in [3.8, 4) is 0 Å². The normalized spacial score (nSPS) is 12.4. The Morgan fingerprint density at radius 3 is 2.10 bits per heavy atom. The molecule has 0 aromatic rings. The van der Waals surface area contributed by atoms with Crippen molar-refractivity contribution in [1.82, 2.24) is 4.90 Å². The van der Waals surface area contributed by atoms with Crippen LogP contribution in [-0.4, -0.2) is 70.1 Å². The van der Waals surface area contributed by atoms with E-state index >= 15 is 0 Å². The Hall–Kier alpha value is -0.690. The van der Waals surface area contributed by atoms with Crippen LogP contribution in [-0.2, 0) is 19.0 Å². The molecular formula is C14H30N2O4. The van der Waals surface area contributed by atoms with Gasteiger partial charge in [-0.15, -0.1) is 0 Å². The molecule has 0 aromatic heterocycles. The summed E-state index contributed by atoms with van der Waals surface area (Å²) < 4.78 is 15.6. The second-order valence-corrected chi connectivity index (χ2v) is 4.46. The first-order valence-corrected chi connectivity index (χ1v) is 7.36. The van der Waals surface area contributed by atoms with E-state index in [9.17, 15) is 4.79 Å². The van der Waals surface area contributed by atoms with Crippen molar-refractivity contribution >= 4 is 5.91 Å². The predicted octanol–water partition coefficient (Wildman–Crippen LogP) is 0.642. The molecule has 1 atom stereocenters. The molecular weight excluding hydrogens is 260 g/mol. The van der Waals surface area contributed by atoms with Gasteiger partial charge in [0.05, 0.1) is 19.3 Å². The number of rotatable bonds is 13. The Bertz CT molecular complexity index is 229. The van der Waals surface area contributed by atoms with Crippen molar-refractivity contribution in [3.63, 3.8) is 0 Å². The third kappa shape index (κ3) is 9.25. The molecule has 2 N–H and O–H groups in total. The van der Waals surface area contributed by atoms with E-state index in [2.05, 4.69) is 0 Å². The molecule has 0 heterocycles. The zero-order valence-corrected chi connectivity index (χ0v) is 13.1. The lowest BCUT2D eigenvalue weighted by atomic mass is 10.1. The predicted molar refractivity (Wildman–Crippen MR) is 78.7 cm³/mol. The number of methoxy groups -OCH3 is 1. The second-order valence-electron chi connectivity index (χ2n) is 4.46. The van der Waals surface area contributed by atoms with Crippen molar-refractivity contribution in [2.24, 2.45) is 5.73 Å². The highest BCUT2D eigenvalue weighted by Gasteiger charge is 2.20. The summed E-state index contributed by atoms with van der Waals surface area (Å²) in [5.74, 6) is -0.0412.